The zero-order valence-corrected chi connectivity index (χ0v) is 17.8. The van der Waals surface area contributed by atoms with Gasteiger partial charge in [0.1, 0.15) is 0 Å². The van der Waals surface area contributed by atoms with Gasteiger partial charge in [0.2, 0.25) is 11.8 Å². The molecule has 9 heteroatoms. The number of rotatable bonds is 4. The van der Waals surface area contributed by atoms with Gasteiger partial charge in [-0.15, -0.1) is 0 Å². The molecule has 154 valence electrons. The highest BCUT2D eigenvalue weighted by molar-refractivity contribution is 7.92. The van der Waals surface area contributed by atoms with Gasteiger partial charge in [0.15, 0.2) is 0 Å². The van der Waals surface area contributed by atoms with E-state index < -0.39 is 21.8 Å². The monoisotopic (exact) mass is 443 g/mol. The molecule has 0 saturated carbocycles. The van der Waals surface area contributed by atoms with Crippen molar-refractivity contribution in [3.05, 3.63) is 64.8 Å². The molecule has 1 saturated heterocycles. The minimum Gasteiger partial charge on any atom is -0.285 e. The van der Waals surface area contributed by atoms with E-state index in [1.807, 2.05) is 12.1 Å². The van der Waals surface area contributed by atoms with Crippen LogP contribution >= 0.6 is 11.6 Å². The topological polar surface area (TPSA) is 96.4 Å². The van der Waals surface area contributed by atoms with Crippen LogP contribution in [0.1, 0.15) is 23.5 Å². The predicted octanol–water partition coefficient (Wildman–Crippen LogP) is 3.47. The second kappa shape index (κ2) is 7.37. The number of anilines is 1. The maximum absolute atomic E-state index is 13.4. The molecule has 1 aliphatic rings. The Bertz CT molecular complexity index is 1300. The van der Waals surface area contributed by atoms with Gasteiger partial charge >= 0.3 is 0 Å². The van der Waals surface area contributed by atoms with Crippen molar-refractivity contribution in [2.24, 2.45) is 0 Å². The average molecular weight is 444 g/mol. The van der Waals surface area contributed by atoms with Gasteiger partial charge in [-0.2, -0.15) is 0 Å². The fourth-order valence-electron chi connectivity index (χ4n) is 3.76. The van der Waals surface area contributed by atoms with Crippen LogP contribution in [0.4, 0.5) is 5.69 Å². The number of fused-ring (bicyclic) bond motifs is 1. The van der Waals surface area contributed by atoms with E-state index in [1.165, 1.54) is 19.2 Å². The summed E-state index contributed by atoms with van der Waals surface area (Å²) in [4.78, 5) is 29.9. The third-order valence-corrected chi connectivity index (χ3v) is 6.97. The summed E-state index contributed by atoms with van der Waals surface area (Å²) in [5.41, 5.74) is 1.42. The molecule has 2 amide bonds. The van der Waals surface area contributed by atoms with Gasteiger partial charge < -0.3 is 0 Å². The Morgan fingerprint density at radius 2 is 1.90 bits per heavy atom. The minimum atomic E-state index is -4.11. The summed E-state index contributed by atoms with van der Waals surface area (Å²) in [6, 6.07) is 11.7. The third kappa shape index (κ3) is 3.42. The molecule has 1 atom stereocenters. The molecule has 2 heterocycles. The molecule has 1 N–H and O–H groups in total. The fraction of sp³-hybridized carbons (Fsp3) is 0.190. The van der Waals surface area contributed by atoms with Gasteiger partial charge in [-0.25, -0.2) is 8.42 Å². The number of imide groups is 1. The number of sulfonamides is 1. The quantitative estimate of drug-likeness (QED) is 0.623. The third-order valence-electron chi connectivity index (χ3n) is 5.17. The van der Waals surface area contributed by atoms with E-state index in [0.717, 1.165) is 10.3 Å². The molecule has 0 spiro atoms. The predicted molar refractivity (Wildman–Crippen MR) is 114 cm³/mol. The summed E-state index contributed by atoms with van der Waals surface area (Å²) in [5, 5.41) is 1.08. The number of pyridine rings is 1. The van der Waals surface area contributed by atoms with Crippen molar-refractivity contribution < 1.29 is 18.0 Å². The van der Waals surface area contributed by atoms with E-state index >= 15 is 0 Å². The van der Waals surface area contributed by atoms with Crippen molar-refractivity contribution in [2.75, 3.05) is 11.8 Å². The first-order valence-corrected chi connectivity index (χ1v) is 11.0. The summed E-state index contributed by atoms with van der Waals surface area (Å²) < 4.78 is 29.5. The number of benzene rings is 2. The minimum absolute atomic E-state index is 0.0544. The van der Waals surface area contributed by atoms with E-state index in [0.29, 0.717) is 21.8 Å². The SMILES string of the molecule is Cc1cc(Cl)cc(C2CC(=O)N(C)C2=O)c1S(=O)(=O)Nc1cccc2cccnc12. The van der Waals surface area contributed by atoms with Crippen LogP contribution in [0.25, 0.3) is 10.9 Å². The number of amides is 2. The van der Waals surface area contributed by atoms with E-state index in [4.69, 9.17) is 11.6 Å². The Morgan fingerprint density at radius 3 is 2.60 bits per heavy atom. The molecule has 0 aliphatic carbocycles. The molecule has 7 nitrogen and oxygen atoms in total. The molecule has 0 radical (unpaired) electrons. The summed E-state index contributed by atoms with van der Waals surface area (Å²) >= 11 is 6.17. The van der Waals surface area contributed by atoms with Crippen molar-refractivity contribution in [3.63, 3.8) is 0 Å². The molecule has 30 heavy (non-hydrogen) atoms. The number of likely N-dealkylation sites (N-methyl/N-ethyl adjacent to an activating group) is 1. The van der Waals surface area contributed by atoms with Gasteiger partial charge in [-0.1, -0.05) is 29.8 Å². The lowest BCUT2D eigenvalue weighted by atomic mass is 9.96. The van der Waals surface area contributed by atoms with Gasteiger partial charge in [0.05, 0.1) is 22.0 Å². The highest BCUT2D eigenvalue weighted by atomic mass is 35.5. The lowest BCUT2D eigenvalue weighted by Gasteiger charge is -2.19. The van der Waals surface area contributed by atoms with E-state index in [1.54, 1.807) is 31.3 Å². The van der Waals surface area contributed by atoms with Crippen LogP contribution in [-0.2, 0) is 19.6 Å². The van der Waals surface area contributed by atoms with Gasteiger partial charge in [-0.3, -0.25) is 24.2 Å². The number of nitrogens with zero attached hydrogens (tertiary/aromatic N) is 2. The molecule has 1 fully saturated rings. The van der Waals surface area contributed by atoms with Crippen LogP contribution < -0.4 is 4.72 Å². The maximum atomic E-state index is 13.4. The normalized spacial score (nSPS) is 17.0. The number of hydrogen-bond acceptors (Lipinski definition) is 5. The van der Waals surface area contributed by atoms with Crippen molar-refractivity contribution in [1.29, 1.82) is 0 Å². The highest BCUT2D eigenvalue weighted by Crippen LogP contribution is 2.37. The van der Waals surface area contributed by atoms with Crippen LogP contribution in [0.15, 0.2) is 53.6 Å². The number of aromatic nitrogens is 1. The summed E-state index contributed by atoms with van der Waals surface area (Å²) in [6.45, 7) is 1.61. The summed E-state index contributed by atoms with van der Waals surface area (Å²) in [6.07, 6.45) is 1.48. The van der Waals surface area contributed by atoms with Crippen LogP contribution in [-0.4, -0.2) is 37.2 Å². The van der Waals surface area contributed by atoms with Crippen molar-refractivity contribution in [1.82, 2.24) is 9.88 Å². The maximum Gasteiger partial charge on any atom is 0.262 e. The van der Waals surface area contributed by atoms with Gasteiger partial charge in [0.25, 0.3) is 10.0 Å². The van der Waals surface area contributed by atoms with Crippen LogP contribution in [0.5, 0.6) is 0 Å². The molecule has 1 unspecified atom stereocenters. The lowest BCUT2D eigenvalue weighted by molar-refractivity contribution is -0.137. The van der Waals surface area contributed by atoms with Gasteiger partial charge in [-0.05, 0) is 42.3 Å². The smallest absolute Gasteiger partial charge is 0.262 e. The van der Waals surface area contributed by atoms with E-state index in [-0.39, 0.29) is 22.8 Å². The Labute approximate surface area is 178 Å². The Hall–Kier alpha value is -2.97. The highest BCUT2D eigenvalue weighted by Gasteiger charge is 2.40. The Balaban J connectivity index is 1.85. The molecular weight excluding hydrogens is 426 g/mol. The zero-order valence-electron chi connectivity index (χ0n) is 16.2. The number of aryl methyl sites for hydroxylation is 1. The Morgan fingerprint density at radius 1 is 1.17 bits per heavy atom. The van der Waals surface area contributed by atoms with Crippen LogP contribution in [0.2, 0.25) is 5.02 Å². The molecule has 2 aromatic carbocycles. The second-order valence-corrected chi connectivity index (χ2v) is 9.23. The van der Waals surface area contributed by atoms with E-state index in [2.05, 4.69) is 9.71 Å². The number of para-hydroxylation sites is 1. The summed E-state index contributed by atoms with van der Waals surface area (Å²) in [5.74, 6) is -1.72. The number of carbonyl (C=O) groups is 2. The number of hydrogen-bond donors (Lipinski definition) is 1. The van der Waals surface area contributed by atoms with Crippen molar-refractivity contribution in [3.8, 4) is 0 Å². The standard InChI is InChI=1S/C21H18ClN3O4S/c1-12-9-14(22)10-15(16-11-18(26)25(2)21(16)27)20(12)30(28,29)24-17-7-3-5-13-6-4-8-23-19(13)17/h3-10,16,24H,11H2,1-2H3. The van der Waals surface area contributed by atoms with Crippen molar-refractivity contribution in [2.45, 2.75) is 24.2 Å². The Kier molecular flexibility index (Phi) is 4.99. The number of carbonyl (C=O) groups excluding carboxylic acids is 2. The second-order valence-electron chi connectivity index (χ2n) is 7.17. The molecule has 0 bridgehead atoms. The number of halogens is 1. The summed E-state index contributed by atoms with van der Waals surface area (Å²) in [7, 11) is -2.72. The lowest BCUT2D eigenvalue weighted by Crippen LogP contribution is -2.26. The van der Waals surface area contributed by atoms with Crippen LogP contribution in [0.3, 0.4) is 0 Å². The van der Waals surface area contributed by atoms with Gasteiger partial charge in [0, 0.05) is 30.1 Å². The largest absolute Gasteiger partial charge is 0.285 e. The van der Waals surface area contributed by atoms with Crippen molar-refractivity contribution >= 4 is 50.0 Å². The first-order valence-electron chi connectivity index (χ1n) is 9.16. The molecular formula is C21H18ClN3O4S. The number of likely N-dealkylation sites (tertiary alicyclic amines) is 1. The molecule has 1 aliphatic heterocycles. The van der Waals surface area contributed by atoms with E-state index in [9.17, 15) is 18.0 Å². The fourth-order valence-corrected chi connectivity index (χ4v) is 5.59. The zero-order chi connectivity index (χ0) is 21.6. The first kappa shape index (κ1) is 20.3. The number of nitrogens with one attached hydrogen (secondary N) is 1. The molecule has 1 aromatic heterocycles. The molecule has 4 rings (SSSR count). The molecule has 3 aromatic rings. The average Bonchev–Trinajstić information content (AvgIpc) is 2.94. The van der Waals surface area contributed by atoms with Crippen LogP contribution in [0, 0.1) is 6.92 Å². The first-order chi connectivity index (χ1) is 14.2.